The molecule has 0 N–H and O–H groups in total. The summed E-state index contributed by atoms with van der Waals surface area (Å²) in [5.74, 6) is -0.431. The Morgan fingerprint density at radius 2 is 1.48 bits per heavy atom. The molecule has 2 aromatic rings. The Morgan fingerprint density at radius 3 is 2.12 bits per heavy atom. The fourth-order valence-electron chi connectivity index (χ4n) is 5.80. The van der Waals surface area contributed by atoms with Gasteiger partial charge in [0.05, 0.1) is 13.2 Å². The highest BCUT2D eigenvalue weighted by Gasteiger charge is 2.27. The Labute approximate surface area is 195 Å². The van der Waals surface area contributed by atoms with Crippen LogP contribution in [0.4, 0.5) is 13.2 Å². The van der Waals surface area contributed by atoms with Crippen molar-refractivity contribution >= 4 is 0 Å². The molecule has 0 aromatic heterocycles. The maximum Gasteiger partial charge on any atom is 0.165 e. The quantitative estimate of drug-likeness (QED) is 0.422. The van der Waals surface area contributed by atoms with E-state index in [1.165, 1.54) is 7.11 Å². The van der Waals surface area contributed by atoms with Crippen LogP contribution in [0.2, 0.25) is 0 Å². The summed E-state index contributed by atoms with van der Waals surface area (Å²) < 4.78 is 54.2. The molecule has 5 heteroatoms. The molecule has 2 aromatic carbocycles. The standard InChI is InChI=1S/C28H35F3O2/c1-32-23-13-9-20(10-14-23)24-15-11-21(27(30)28(24)31)8-5-18-3-6-19(7-4-18)22-12-16-26(33-2)25(29)17-22/h11-12,15-20,23H,3-10,13-14H2,1-2H3. The Hall–Kier alpha value is -2.01. The van der Waals surface area contributed by atoms with Gasteiger partial charge in [-0.05, 0) is 111 Å². The van der Waals surface area contributed by atoms with Crippen molar-refractivity contribution in [2.24, 2.45) is 5.92 Å². The monoisotopic (exact) mass is 460 g/mol. The molecule has 0 amide bonds. The second-order valence-corrected chi connectivity index (χ2v) is 9.80. The molecule has 2 nitrogen and oxygen atoms in total. The highest BCUT2D eigenvalue weighted by Crippen LogP contribution is 2.39. The smallest absolute Gasteiger partial charge is 0.165 e. The van der Waals surface area contributed by atoms with Crippen LogP contribution in [0.25, 0.3) is 0 Å². The van der Waals surface area contributed by atoms with Crippen molar-refractivity contribution in [3.63, 3.8) is 0 Å². The van der Waals surface area contributed by atoms with Gasteiger partial charge in [0.2, 0.25) is 0 Å². The SMILES string of the molecule is COc1ccc(C2CCC(CCc3ccc(C4CCC(OC)CC4)c(F)c3F)CC2)cc1F. The summed E-state index contributed by atoms with van der Waals surface area (Å²) in [4.78, 5) is 0. The zero-order valence-electron chi connectivity index (χ0n) is 19.7. The molecule has 0 heterocycles. The number of hydrogen-bond donors (Lipinski definition) is 0. The second kappa shape index (κ2) is 10.9. The molecule has 0 spiro atoms. The zero-order valence-corrected chi connectivity index (χ0v) is 19.7. The molecule has 0 aliphatic heterocycles. The lowest BCUT2D eigenvalue weighted by Gasteiger charge is -2.29. The van der Waals surface area contributed by atoms with Crippen molar-refractivity contribution in [1.29, 1.82) is 0 Å². The molecular weight excluding hydrogens is 425 g/mol. The molecule has 2 saturated carbocycles. The number of methoxy groups -OCH3 is 2. The summed E-state index contributed by atoms with van der Waals surface area (Å²) in [7, 11) is 3.18. The first-order valence-corrected chi connectivity index (χ1v) is 12.3. The minimum absolute atomic E-state index is 0.0815. The summed E-state index contributed by atoms with van der Waals surface area (Å²) in [6.07, 6.45) is 9.20. The van der Waals surface area contributed by atoms with Crippen molar-refractivity contribution < 1.29 is 22.6 Å². The number of benzene rings is 2. The van der Waals surface area contributed by atoms with E-state index in [1.54, 1.807) is 31.4 Å². The summed E-state index contributed by atoms with van der Waals surface area (Å²) in [5, 5.41) is 0. The van der Waals surface area contributed by atoms with Crippen molar-refractivity contribution in [2.75, 3.05) is 14.2 Å². The summed E-state index contributed by atoms with van der Waals surface area (Å²) >= 11 is 0. The average molecular weight is 461 g/mol. The van der Waals surface area contributed by atoms with Crippen molar-refractivity contribution in [2.45, 2.75) is 82.1 Å². The van der Waals surface area contributed by atoms with Gasteiger partial charge in [-0.3, -0.25) is 0 Å². The third-order valence-corrected chi connectivity index (χ3v) is 7.96. The number of aryl methyl sites for hydroxylation is 1. The summed E-state index contributed by atoms with van der Waals surface area (Å²) in [5.41, 5.74) is 2.04. The van der Waals surface area contributed by atoms with E-state index in [-0.39, 0.29) is 23.6 Å². The van der Waals surface area contributed by atoms with E-state index in [1.807, 2.05) is 6.07 Å². The van der Waals surface area contributed by atoms with Crippen molar-refractivity contribution in [3.8, 4) is 5.75 Å². The average Bonchev–Trinajstić information content (AvgIpc) is 2.85. The van der Waals surface area contributed by atoms with Gasteiger partial charge >= 0.3 is 0 Å². The fourth-order valence-corrected chi connectivity index (χ4v) is 5.80. The first kappa shape index (κ1) is 24.1. The molecule has 33 heavy (non-hydrogen) atoms. The highest BCUT2D eigenvalue weighted by molar-refractivity contribution is 5.32. The van der Waals surface area contributed by atoms with E-state index < -0.39 is 11.6 Å². The lowest BCUT2D eigenvalue weighted by molar-refractivity contribution is 0.0655. The first-order valence-electron chi connectivity index (χ1n) is 12.3. The first-order chi connectivity index (χ1) is 16.0. The normalized spacial score (nSPS) is 25.7. The van der Waals surface area contributed by atoms with Crippen LogP contribution in [0.5, 0.6) is 5.75 Å². The van der Waals surface area contributed by atoms with Gasteiger partial charge in [-0.15, -0.1) is 0 Å². The van der Waals surface area contributed by atoms with Crippen molar-refractivity contribution in [1.82, 2.24) is 0 Å². The number of ether oxygens (including phenoxy) is 2. The van der Waals surface area contributed by atoms with E-state index in [9.17, 15) is 13.2 Å². The van der Waals surface area contributed by atoms with Crippen LogP contribution >= 0.6 is 0 Å². The maximum absolute atomic E-state index is 14.9. The topological polar surface area (TPSA) is 18.5 Å². The molecule has 0 bridgehead atoms. The van der Waals surface area contributed by atoms with E-state index in [0.717, 1.165) is 63.4 Å². The predicted octanol–water partition coefficient (Wildman–Crippen LogP) is 7.69. The van der Waals surface area contributed by atoms with Crippen LogP contribution in [-0.2, 0) is 11.2 Å². The van der Waals surface area contributed by atoms with Gasteiger partial charge in [-0.2, -0.15) is 0 Å². The van der Waals surface area contributed by atoms with Gasteiger partial charge in [0, 0.05) is 7.11 Å². The van der Waals surface area contributed by atoms with Crippen LogP contribution in [0.1, 0.15) is 86.3 Å². The molecule has 180 valence electrons. The zero-order chi connectivity index (χ0) is 23.4. The maximum atomic E-state index is 14.9. The molecule has 0 atom stereocenters. The summed E-state index contributed by atoms with van der Waals surface area (Å²) in [6, 6.07) is 8.84. The lowest BCUT2D eigenvalue weighted by atomic mass is 9.76. The van der Waals surface area contributed by atoms with E-state index >= 15 is 0 Å². The van der Waals surface area contributed by atoms with Gasteiger partial charge in [0.15, 0.2) is 23.2 Å². The van der Waals surface area contributed by atoms with E-state index in [2.05, 4.69) is 0 Å². The van der Waals surface area contributed by atoms with Gasteiger partial charge < -0.3 is 9.47 Å². The van der Waals surface area contributed by atoms with E-state index in [0.29, 0.717) is 29.4 Å². The third kappa shape index (κ3) is 5.56. The number of halogens is 3. The molecular formula is C28H35F3O2. The predicted molar refractivity (Wildman–Crippen MR) is 124 cm³/mol. The lowest BCUT2D eigenvalue weighted by Crippen LogP contribution is -2.20. The molecule has 2 aliphatic rings. The van der Waals surface area contributed by atoms with Gasteiger partial charge in [0.1, 0.15) is 0 Å². The molecule has 2 fully saturated rings. The second-order valence-electron chi connectivity index (χ2n) is 9.80. The fraction of sp³-hybridized carbons (Fsp3) is 0.571. The van der Waals surface area contributed by atoms with Crippen LogP contribution in [-0.4, -0.2) is 20.3 Å². The van der Waals surface area contributed by atoms with Gasteiger partial charge in [0.25, 0.3) is 0 Å². The van der Waals surface area contributed by atoms with Crippen LogP contribution < -0.4 is 4.74 Å². The van der Waals surface area contributed by atoms with Crippen LogP contribution in [0, 0.1) is 23.4 Å². The molecule has 0 radical (unpaired) electrons. The van der Waals surface area contributed by atoms with Crippen molar-refractivity contribution in [3.05, 3.63) is 64.5 Å². The Balaban J connectivity index is 1.30. The minimum atomic E-state index is -0.663. The Bertz CT molecular complexity index is 929. The molecule has 2 aliphatic carbocycles. The molecule has 0 saturated heterocycles. The summed E-state index contributed by atoms with van der Waals surface area (Å²) in [6.45, 7) is 0. The number of rotatable bonds is 7. The van der Waals surface area contributed by atoms with Crippen LogP contribution in [0.15, 0.2) is 30.3 Å². The Morgan fingerprint density at radius 1 is 0.788 bits per heavy atom. The Kier molecular flexibility index (Phi) is 8.00. The van der Waals surface area contributed by atoms with Crippen LogP contribution in [0.3, 0.4) is 0 Å². The number of hydrogen-bond acceptors (Lipinski definition) is 2. The molecule has 0 unspecified atom stereocenters. The van der Waals surface area contributed by atoms with Gasteiger partial charge in [-0.1, -0.05) is 18.2 Å². The highest BCUT2D eigenvalue weighted by atomic mass is 19.2. The van der Waals surface area contributed by atoms with Gasteiger partial charge in [-0.25, -0.2) is 13.2 Å². The van der Waals surface area contributed by atoms with E-state index in [4.69, 9.17) is 9.47 Å². The molecule has 4 rings (SSSR count). The largest absolute Gasteiger partial charge is 0.494 e. The third-order valence-electron chi connectivity index (χ3n) is 7.96. The minimum Gasteiger partial charge on any atom is -0.494 e.